The predicted molar refractivity (Wildman–Crippen MR) is 42.0 cm³/mol. The van der Waals surface area contributed by atoms with E-state index < -0.39 is 11.6 Å². The van der Waals surface area contributed by atoms with Crippen LogP contribution in [0.25, 0.3) is 0 Å². The lowest BCUT2D eigenvalue weighted by Crippen LogP contribution is -2.44. The molecule has 0 aliphatic carbocycles. The molecule has 0 radical (unpaired) electrons. The van der Waals surface area contributed by atoms with Gasteiger partial charge in [0.2, 0.25) is 0 Å². The van der Waals surface area contributed by atoms with E-state index in [-0.39, 0.29) is 6.42 Å². The lowest BCUT2D eigenvalue weighted by atomic mass is 9.97. The molecular formula is C8H14O4. The van der Waals surface area contributed by atoms with Gasteiger partial charge >= 0.3 is 5.97 Å². The Hall–Kier alpha value is -0.610. The molecular weight excluding hydrogens is 160 g/mol. The molecule has 1 fully saturated rings. The fourth-order valence-corrected chi connectivity index (χ4v) is 1.32. The molecule has 1 heterocycles. The van der Waals surface area contributed by atoms with Gasteiger partial charge in [0, 0.05) is 0 Å². The van der Waals surface area contributed by atoms with E-state index in [2.05, 4.69) is 0 Å². The van der Waals surface area contributed by atoms with Gasteiger partial charge in [0.25, 0.3) is 0 Å². The van der Waals surface area contributed by atoms with Crippen molar-refractivity contribution in [2.45, 2.75) is 25.4 Å². The normalized spacial score (nSPS) is 30.1. The van der Waals surface area contributed by atoms with E-state index in [1.807, 2.05) is 6.92 Å². The Bertz CT molecular complexity index is 160. The zero-order chi connectivity index (χ0) is 9.03. The van der Waals surface area contributed by atoms with Crippen LogP contribution in [-0.4, -0.2) is 36.5 Å². The number of carboxylic acids is 1. The first-order valence-electron chi connectivity index (χ1n) is 4.12. The summed E-state index contributed by atoms with van der Waals surface area (Å²) in [5, 5.41) is 8.63. The Morgan fingerprint density at radius 2 is 2.33 bits per heavy atom. The fraction of sp³-hybridized carbons (Fsp3) is 0.875. The number of aliphatic carboxylic acids is 1. The van der Waals surface area contributed by atoms with Crippen molar-refractivity contribution >= 4 is 5.97 Å². The van der Waals surface area contributed by atoms with Crippen molar-refractivity contribution in [1.29, 1.82) is 0 Å². The van der Waals surface area contributed by atoms with E-state index in [0.29, 0.717) is 26.2 Å². The quantitative estimate of drug-likeness (QED) is 0.682. The average molecular weight is 174 g/mol. The molecule has 12 heavy (non-hydrogen) atoms. The third kappa shape index (κ3) is 2.19. The van der Waals surface area contributed by atoms with Crippen molar-refractivity contribution in [3.05, 3.63) is 0 Å². The molecule has 1 saturated heterocycles. The monoisotopic (exact) mass is 174 g/mol. The summed E-state index contributed by atoms with van der Waals surface area (Å²) in [5.74, 6) is -0.831. The van der Waals surface area contributed by atoms with Crippen LogP contribution >= 0.6 is 0 Å². The Morgan fingerprint density at radius 3 is 2.75 bits per heavy atom. The highest BCUT2D eigenvalue weighted by molar-refractivity contribution is 5.68. The van der Waals surface area contributed by atoms with Crippen molar-refractivity contribution < 1.29 is 19.4 Å². The van der Waals surface area contributed by atoms with Crippen molar-refractivity contribution in [3.63, 3.8) is 0 Å². The van der Waals surface area contributed by atoms with Crippen molar-refractivity contribution in [3.8, 4) is 0 Å². The molecule has 1 aliphatic rings. The second-order valence-electron chi connectivity index (χ2n) is 3.01. The van der Waals surface area contributed by atoms with Gasteiger partial charge < -0.3 is 14.6 Å². The molecule has 0 spiro atoms. The van der Waals surface area contributed by atoms with Crippen LogP contribution in [0, 0.1) is 0 Å². The van der Waals surface area contributed by atoms with Crippen molar-refractivity contribution in [2.24, 2.45) is 0 Å². The third-order valence-corrected chi connectivity index (χ3v) is 2.12. The standard InChI is InChI=1S/C8H14O4/c1-2-8(5-7(9)10)6-11-3-4-12-8/h2-6H2,1H3,(H,9,10). The Morgan fingerprint density at radius 1 is 1.58 bits per heavy atom. The summed E-state index contributed by atoms with van der Waals surface area (Å²) in [6.45, 7) is 3.38. The lowest BCUT2D eigenvalue weighted by molar-refractivity contribution is -0.175. The number of carbonyl (C=O) groups is 1. The SMILES string of the molecule is CCC1(CC(=O)O)COCCO1. The fourth-order valence-electron chi connectivity index (χ4n) is 1.32. The highest BCUT2D eigenvalue weighted by Crippen LogP contribution is 2.23. The second kappa shape index (κ2) is 3.87. The van der Waals surface area contributed by atoms with Crippen LogP contribution in [0.3, 0.4) is 0 Å². The van der Waals surface area contributed by atoms with Crippen LogP contribution in [-0.2, 0) is 14.3 Å². The second-order valence-corrected chi connectivity index (χ2v) is 3.01. The van der Waals surface area contributed by atoms with E-state index in [1.54, 1.807) is 0 Å². The van der Waals surface area contributed by atoms with Gasteiger partial charge in [-0.05, 0) is 6.42 Å². The van der Waals surface area contributed by atoms with Gasteiger partial charge in [0.1, 0.15) is 5.60 Å². The summed E-state index contributed by atoms with van der Waals surface area (Å²) < 4.78 is 10.6. The summed E-state index contributed by atoms with van der Waals surface area (Å²) in [7, 11) is 0. The Balaban J connectivity index is 2.53. The van der Waals surface area contributed by atoms with E-state index in [9.17, 15) is 4.79 Å². The van der Waals surface area contributed by atoms with Crippen LogP contribution in [0.1, 0.15) is 19.8 Å². The molecule has 1 aliphatic heterocycles. The summed E-state index contributed by atoms with van der Waals surface area (Å²) in [6, 6.07) is 0. The Labute approximate surface area is 71.5 Å². The minimum Gasteiger partial charge on any atom is -0.481 e. The Kier molecular flexibility index (Phi) is 3.05. The van der Waals surface area contributed by atoms with Gasteiger partial charge in [-0.3, -0.25) is 4.79 Å². The molecule has 4 nitrogen and oxygen atoms in total. The largest absolute Gasteiger partial charge is 0.481 e. The maximum Gasteiger partial charge on any atom is 0.306 e. The number of carboxylic acid groups (broad SMARTS) is 1. The minimum atomic E-state index is -0.831. The highest BCUT2D eigenvalue weighted by Gasteiger charge is 2.34. The molecule has 4 heteroatoms. The van der Waals surface area contributed by atoms with Crippen LogP contribution in [0.5, 0.6) is 0 Å². The van der Waals surface area contributed by atoms with Gasteiger partial charge in [-0.1, -0.05) is 6.92 Å². The minimum absolute atomic E-state index is 0.0312. The summed E-state index contributed by atoms with van der Waals surface area (Å²) in [6.07, 6.45) is 0.711. The molecule has 0 saturated carbocycles. The number of ether oxygens (including phenoxy) is 2. The van der Waals surface area contributed by atoms with Crippen LogP contribution in [0.15, 0.2) is 0 Å². The first-order chi connectivity index (χ1) is 5.68. The van der Waals surface area contributed by atoms with Gasteiger partial charge in [0.05, 0.1) is 26.2 Å². The maximum atomic E-state index is 10.5. The first-order valence-corrected chi connectivity index (χ1v) is 4.12. The van der Waals surface area contributed by atoms with Crippen molar-refractivity contribution in [2.75, 3.05) is 19.8 Å². The first kappa shape index (κ1) is 9.48. The number of hydrogen-bond donors (Lipinski definition) is 1. The van der Waals surface area contributed by atoms with Crippen molar-refractivity contribution in [1.82, 2.24) is 0 Å². The van der Waals surface area contributed by atoms with Gasteiger partial charge in [-0.15, -0.1) is 0 Å². The van der Waals surface area contributed by atoms with Crippen LogP contribution in [0.4, 0.5) is 0 Å². The number of hydrogen-bond acceptors (Lipinski definition) is 3. The summed E-state index contributed by atoms with van der Waals surface area (Å²) in [4.78, 5) is 10.5. The molecule has 1 atom stereocenters. The molecule has 0 amide bonds. The van der Waals surface area contributed by atoms with Gasteiger partial charge in [-0.2, -0.15) is 0 Å². The van der Waals surface area contributed by atoms with E-state index in [4.69, 9.17) is 14.6 Å². The third-order valence-electron chi connectivity index (χ3n) is 2.12. The zero-order valence-corrected chi connectivity index (χ0v) is 7.21. The van der Waals surface area contributed by atoms with E-state index in [1.165, 1.54) is 0 Å². The molecule has 0 aromatic rings. The van der Waals surface area contributed by atoms with Crippen LogP contribution in [0.2, 0.25) is 0 Å². The van der Waals surface area contributed by atoms with Crippen LogP contribution < -0.4 is 0 Å². The molecule has 1 N–H and O–H groups in total. The topological polar surface area (TPSA) is 55.8 Å². The molecule has 1 rings (SSSR count). The predicted octanol–water partition coefficient (Wildman–Crippen LogP) is 0.657. The molecule has 70 valence electrons. The highest BCUT2D eigenvalue weighted by atomic mass is 16.6. The van der Waals surface area contributed by atoms with Gasteiger partial charge in [0.15, 0.2) is 0 Å². The van der Waals surface area contributed by atoms with Gasteiger partial charge in [-0.25, -0.2) is 0 Å². The summed E-state index contributed by atoms with van der Waals surface area (Å²) in [5.41, 5.74) is -0.579. The summed E-state index contributed by atoms with van der Waals surface area (Å²) >= 11 is 0. The average Bonchev–Trinajstić information content (AvgIpc) is 2.05. The maximum absolute atomic E-state index is 10.5. The lowest BCUT2D eigenvalue weighted by Gasteiger charge is -2.34. The molecule has 0 aromatic heterocycles. The van der Waals surface area contributed by atoms with E-state index >= 15 is 0 Å². The smallest absolute Gasteiger partial charge is 0.306 e. The molecule has 1 unspecified atom stereocenters. The molecule has 0 bridgehead atoms. The number of rotatable bonds is 3. The zero-order valence-electron chi connectivity index (χ0n) is 7.21. The molecule has 0 aromatic carbocycles. The van der Waals surface area contributed by atoms with E-state index in [0.717, 1.165) is 0 Å².